The fraction of sp³-hybridized carbons (Fsp3) is 0.609. The lowest BCUT2D eigenvalue weighted by atomic mass is 10.0. The maximum absolute atomic E-state index is 12.3. The molecule has 1 aromatic rings. The number of piperidine rings is 1. The van der Waals surface area contributed by atoms with E-state index in [2.05, 4.69) is 10.6 Å². The van der Waals surface area contributed by atoms with Crippen molar-refractivity contribution in [2.24, 2.45) is 0 Å². The molecule has 0 radical (unpaired) electrons. The predicted octanol–water partition coefficient (Wildman–Crippen LogP) is 3.52. The minimum Gasteiger partial charge on any atom is -0.492 e. The first-order chi connectivity index (χ1) is 15.1. The molecule has 1 aliphatic rings. The van der Waals surface area contributed by atoms with E-state index >= 15 is 0 Å². The second-order valence-corrected chi connectivity index (χ2v) is 9.19. The Kier molecular flexibility index (Phi) is 10.1. The summed E-state index contributed by atoms with van der Waals surface area (Å²) in [5.74, 6) is 0.592. The molecule has 9 heteroatoms. The first-order valence-electron chi connectivity index (χ1n) is 11.1. The molecule has 1 fully saturated rings. The van der Waals surface area contributed by atoms with E-state index in [-0.39, 0.29) is 30.8 Å². The highest BCUT2D eigenvalue weighted by Crippen LogP contribution is 2.23. The number of alkyl carbamates (subject to hydrolysis) is 1. The van der Waals surface area contributed by atoms with Crippen molar-refractivity contribution in [1.29, 1.82) is 0 Å². The SMILES string of the molecule is CC(C)(C)OC(=O)NCCC(=O)N1CCC(NC(=O)CCCOc2ccccc2Cl)CC1. The van der Waals surface area contributed by atoms with Gasteiger partial charge in [0.1, 0.15) is 11.4 Å². The van der Waals surface area contributed by atoms with Gasteiger partial charge in [-0.3, -0.25) is 9.59 Å². The number of hydrogen-bond acceptors (Lipinski definition) is 5. The van der Waals surface area contributed by atoms with Crippen molar-refractivity contribution in [3.8, 4) is 5.75 Å². The second kappa shape index (κ2) is 12.5. The second-order valence-electron chi connectivity index (χ2n) is 8.78. The van der Waals surface area contributed by atoms with Crippen LogP contribution in [0.3, 0.4) is 0 Å². The van der Waals surface area contributed by atoms with Gasteiger partial charge >= 0.3 is 6.09 Å². The summed E-state index contributed by atoms with van der Waals surface area (Å²) in [7, 11) is 0. The van der Waals surface area contributed by atoms with Gasteiger partial charge in [-0.1, -0.05) is 23.7 Å². The molecule has 178 valence electrons. The van der Waals surface area contributed by atoms with Crippen LogP contribution in [-0.4, -0.2) is 60.7 Å². The van der Waals surface area contributed by atoms with Crippen LogP contribution in [-0.2, 0) is 14.3 Å². The third-order valence-corrected chi connectivity index (χ3v) is 5.17. The van der Waals surface area contributed by atoms with Gasteiger partial charge in [0.25, 0.3) is 0 Å². The monoisotopic (exact) mass is 467 g/mol. The summed E-state index contributed by atoms with van der Waals surface area (Å²) >= 11 is 6.04. The minimum atomic E-state index is -0.566. The Morgan fingerprint density at radius 3 is 2.47 bits per heavy atom. The molecule has 8 nitrogen and oxygen atoms in total. The zero-order chi connectivity index (χ0) is 23.6. The number of carbonyl (C=O) groups excluding carboxylic acids is 3. The number of amides is 3. The van der Waals surface area contributed by atoms with E-state index in [0.717, 1.165) is 0 Å². The van der Waals surface area contributed by atoms with Crippen LogP contribution in [0.15, 0.2) is 24.3 Å². The Labute approximate surface area is 195 Å². The molecule has 0 bridgehead atoms. The summed E-state index contributed by atoms with van der Waals surface area (Å²) < 4.78 is 10.7. The van der Waals surface area contributed by atoms with Crippen LogP contribution in [0.25, 0.3) is 0 Å². The van der Waals surface area contributed by atoms with Gasteiger partial charge in [0.2, 0.25) is 11.8 Å². The van der Waals surface area contributed by atoms with Gasteiger partial charge in [0, 0.05) is 38.5 Å². The van der Waals surface area contributed by atoms with Crippen LogP contribution < -0.4 is 15.4 Å². The Balaban J connectivity index is 1.57. The van der Waals surface area contributed by atoms with Crippen molar-refractivity contribution in [2.75, 3.05) is 26.2 Å². The Hall–Kier alpha value is -2.48. The van der Waals surface area contributed by atoms with E-state index in [4.69, 9.17) is 21.1 Å². The molecule has 3 amide bonds. The average molecular weight is 468 g/mol. The number of likely N-dealkylation sites (tertiary alicyclic amines) is 1. The summed E-state index contributed by atoms with van der Waals surface area (Å²) in [6.07, 6.45) is 2.10. The lowest BCUT2D eigenvalue weighted by Gasteiger charge is -2.32. The summed E-state index contributed by atoms with van der Waals surface area (Å²) in [6, 6.07) is 7.31. The fourth-order valence-corrected chi connectivity index (χ4v) is 3.48. The first-order valence-corrected chi connectivity index (χ1v) is 11.4. The van der Waals surface area contributed by atoms with Gasteiger partial charge in [0.15, 0.2) is 0 Å². The maximum Gasteiger partial charge on any atom is 0.407 e. The Morgan fingerprint density at radius 1 is 1.12 bits per heavy atom. The van der Waals surface area contributed by atoms with Crippen LogP contribution in [0.1, 0.15) is 52.9 Å². The van der Waals surface area contributed by atoms with E-state index in [0.29, 0.717) is 56.2 Å². The van der Waals surface area contributed by atoms with Gasteiger partial charge in [0.05, 0.1) is 11.6 Å². The highest BCUT2D eigenvalue weighted by molar-refractivity contribution is 6.32. The molecule has 0 unspecified atom stereocenters. The molecule has 1 aliphatic heterocycles. The number of benzene rings is 1. The molecular weight excluding hydrogens is 434 g/mol. The Bertz CT molecular complexity index is 773. The molecule has 0 atom stereocenters. The number of para-hydroxylation sites is 1. The minimum absolute atomic E-state index is 0.0115. The predicted molar refractivity (Wildman–Crippen MR) is 123 cm³/mol. The number of nitrogens with zero attached hydrogens (tertiary/aromatic N) is 1. The molecular formula is C23H34ClN3O5. The Morgan fingerprint density at radius 2 is 1.81 bits per heavy atom. The summed E-state index contributed by atoms with van der Waals surface area (Å²) in [5.41, 5.74) is -0.566. The summed E-state index contributed by atoms with van der Waals surface area (Å²) in [4.78, 5) is 37.9. The normalized spacial score (nSPS) is 14.6. The zero-order valence-corrected chi connectivity index (χ0v) is 19.9. The van der Waals surface area contributed by atoms with Crippen molar-refractivity contribution in [2.45, 2.75) is 64.5 Å². The molecule has 0 aromatic heterocycles. The lowest BCUT2D eigenvalue weighted by molar-refractivity contribution is -0.132. The van der Waals surface area contributed by atoms with Crippen LogP contribution in [0.4, 0.5) is 4.79 Å². The molecule has 2 N–H and O–H groups in total. The molecule has 0 spiro atoms. The summed E-state index contributed by atoms with van der Waals surface area (Å²) in [6.45, 7) is 7.19. The van der Waals surface area contributed by atoms with Crippen molar-refractivity contribution >= 4 is 29.5 Å². The third kappa shape index (κ3) is 9.77. The molecule has 1 aromatic carbocycles. The smallest absolute Gasteiger partial charge is 0.407 e. The van der Waals surface area contributed by atoms with Crippen molar-refractivity contribution in [3.63, 3.8) is 0 Å². The van der Waals surface area contributed by atoms with E-state index in [9.17, 15) is 14.4 Å². The van der Waals surface area contributed by atoms with Gasteiger partial charge in [-0.25, -0.2) is 4.79 Å². The molecule has 0 aliphatic carbocycles. The third-order valence-electron chi connectivity index (χ3n) is 4.86. The molecule has 2 rings (SSSR count). The summed E-state index contributed by atoms with van der Waals surface area (Å²) in [5, 5.41) is 6.19. The first kappa shape index (κ1) is 25.8. The van der Waals surface area contributed by atoms with E-state index < -0.39 is 11.7 Å². The van der Waals surface area contributed by atoms with Crippen LogP contribution in [0, 0.1) is 0 Å². The van der Waals surface area contributed by atoms with Gasteiger partial charge in [-0.2, -0.15) is 0 Å². The zero-order valence-electron chi connectivity index (χ0n) is 19.1. The van der Waals surface area contributed by atoms with Crippen LogP contribution in [0.5, 0.6) is 5.75 Å². The molecule has 1 heterocycles. The maximum atomic E-state index is 12.3. The van der Waals surface area contributed by atoms with Gasteiger partial charge in [-0.05, 0) is 52.2 Å². The van der Waals surface area contributed by atoms with Crippen LogP contribution >= 0.6 is 11.6 Å². The number of ether oxygens (including phenoxy) is 2. The topological polar surface area (TPSA) is 97.0 Å². The largest absolute Gasteiger partial charge is 0.492 e. The van der Waals surface area contributed by atoms with E-state index in [1.165, 1.54) is 0 Å². The lowest BCUT2D eigenvalue weighted by Crippen LogP contribution is -2.47. The van der Waals surface area contributed by atoms with Gasteiger partial charge in [-0.15, -0.1) is 0 Å². The van der Waals surface area contributed by atoms with E-state index in [1.807, 2.05) is 12.1 Å². The number of hydrogen-bond donors (Lipinski definition) is 2. The highest BCUT2D eigenvalue weighted by atomic mass is 35.5. The molecule has 32 heavy (non-hydrogen) atoms. The standard InChI is InChI=1S/C23H34ClN3O5/c1-23(2,3)32-22(30)25-13-10-21(29)27-14-11-17(12-15-27)26-20(28)9-6-16-31-19-8-5-4-7-18(19)24/h4-5,7-8,17H,6,9-16H2,1-3H3,(H,25,30)(H,26,28). The van der Waals surface area contributed by atoms with E-state index in [1.54, 1.807) is 37.8 Å². The molecule has 0 saturated carbocycles. The highest BCUT2D eigenvalue weighted by Gasteiger charge is 2.24. The number of halogens is 1. The van der Waals surface area contributed by atoms with Crippen molar-refractivity contribution < 1.29 is 23.9 Å². The molecule has 1 saturated heterocycles. The number of carbonyl (C=O) groups is 3. The van der Waals surface area contributed by atoms with Crippen LogP contribution in [0.2, 0.25) is 5.02 Å². The average Bonchev–Trinajstić information content (AvgIpc) is 2.71. The van der Waals surface area contributed by atoms with Crippen molar-refractivity contribution in [1.82, 2.24) is 15.5 Å². The van der Waals surface area contributed by atoms with Crippen molar-refractivity contribution in [3.05, 3.63) is 29.3 Å². The fourth-order valence-electron chi connectivity index (χ4n) is 3.29. The quantitative estimate of drug-likeness (QED) is 0.541. The number of nitrogens with one attached hydrogen (secondary N) is 2. The van der Waals surface area contributed by atoms with Gasteiger partial charge < -0.3 is 25.0 Å². The number of rotatable bonds is 9.